The topological polar surface area (TPSA) is 41.6 Å². The van der Waals surface area contributed by atoms with Crippen molar-refractivity contribution < 1.29 is 9.53 Å². The highest BCUT2D eigenvalue weighted by atomic mass is 16.6. The number of amides is 1. The summed E-state index contributed by atoms with van der Waals surface area (Å²) in [7, 11) is 0. The van der Waals surface area contributed by atoms with Crippen LogP contribution in [-0.4, -0.2) is 41.8 Å². The average molecular weight is 240 g/mol. The van der Waals surface area contributed by atoms with Crippen molar-refractivity contribution in [3.63, 3.8) is 0 Å². The Morgan fingerprint density at radius 3 is 2.47 bits per heavy atom. The van der Waals surface area contributed by atoms with Gasteiger partial charge in [0.2, 0.25) is 0 Å². The third-order valence-corrected chi connectivity index (χ3v) is 3.70. The maximum Gasteiger partial charge on any atom is 0.410 e. The van der Waals surface area contributed by atoms with Gasteiger partial charge in [-0.15, -0.1) is 0 Å². The van der Waals surface area contributed by atoms with Crippen LogP contribution in [0.5, 0.6) is 0 Å². The Labute approximate surface area is 104 Å². The van der Waals surface area contributed by atoms with Crippen molar-refractivity contribution in [1.82, 2.24) is 10.2 Å². The standard InChI is InChI=1S/C13H24N2O2/c1-12(2,3)17-11(16)15-9-7-13(5-4-6-13)14-8-10-15/h14H,4-10H2,1-3H3. The van der Waals surface area contributed by atoms with Crippen molar-refractivity contribution in [1.29, 1.82) is 0 Å². The van der Waals surface area contributed by atoms with Crippen LogP contribution in [0.15, 0.2) is 0 Å². The molecule has 0 aromatic rings. The zero-order valence-corrected chi connectivity index (χ0v) is 11.2. The molecule has 2 fully saturated rings. The van der Waals surface area contributed by atoms with Crippen LogP contribution in [0, 0.1) is 0 Å². The smallest absolute Gasteiger partial charge is 0.410 e. The fraction of sp³-hybridized carbons (Fsp3) is 0.923. The molecule has 1 spiro atoms. The Kier molecular flexibility index (Phi) is 3.34. The van der Waals surface area contributed by atoms with Gasteiger partial charge in [-0.2, -0.15) is 0 Å². The minimum absolute atomic E-state index is 0.171. The molecule has 1 saturated carbocycles. The number of nitrogens with zero attached hydrogens (tertiary/aromatic N) is 1. The Morgan fingerprint density at radius 1 is 1.24 bits per heavy atom. The quantitative estimate of drug-likeness (QED) is 0.705. The van der Waals surface area contributed by atoms with E-state index in [-0.39, 0.29) is 6.09 Å². The van der Waals surface area contributed by atoms with Crippen LogP contribution in [0.1, 0.15) is 46.5 Å². The van der Waals surface area contributed by atoms with E-state index in [0.29, 0.717) is 5.54 Å². The molecule has 1 aliphatic heterocycles. The summed E-state index contributed by atoms with van der Waals surface area (Å²) in [6.07, 6.45) is 4.73. The molecule has 0 bridgehead atoms. The lowest BCUT2D eigenvalue weighted by atomic mass is 9.74. The van der Waals surface area contributed by atoms with E-state index in [1.54, 1.807) is 0 Å². The summed E-state index contributed by atoms with van der Waals surface area (Å²) < 4.78 is 5.41. The van der Waals surface area contributed by atoms with E-state index in [2.05, 4.69) is 5.32 Å². The number of nitrogens with one attached hydrogen (secondary N) is 1. The lowest BCUT2D eigenvalue weighted by molar-refractivity contribution is 0.0256. The third kappa shape index (κ3) is 3.12. The molecule has 2 rings (SSSR count). The lowest BCUT2D eigenvalue weighted by Gasteiger charge is -2.42. The molecule has 1 aliphatic carbocycles. The molecule has 0 atom stereocenters. The lowest BCUT2D eigenvalue weighted by Crippen LogP contribution is -2.50. The SMILES string of the molecule is CC(C)(C)OC(=O)N1CCNC2(CCC2)CC1. The van der Waals surface area contributed by atoms with Gasteiger partial charge in [0.25, 0.3) is 0 Å². The van der Waals surface area contributed by atoms with Crippen LogP contribution < -0.4 is 5.32 Å². The van der Waals surface area contributed by atoms with E-state index in [0.717, 1.165) is 26.1 Å². The maximum atomic E-state index is 12.0. The predicted molar refractivity (Wildman–Crippen MR) is 67.0 cm³/mol. The fourth-order valence-electron chi connectivity index (χ4n) is 2.54. The first kappa shape index (κ1) is 12.7. The van der Waals surface area contributed by atoms with E-state index in [4.69, 9.17) is 4.74 Å². The number of carbonyl (C=O) groups excluding carboxylic acids is 1. The van der Waals surface area contributed by atoms with Crippen molar-refractivity contribution in [2.45, 2.75) is 57.6 Å². The Bertz CT molecular complexity index is 292. The number of ether oxygens (including phenoxy) is 1. The minimum Gasteiger partial charge on any atom is -0.444 e. The van der Waals surface area contributed by atoms with Gasteiger partial charge in [0.05, 0.1) is 0 Å². The van der Waals surface area contributed by atoms with Crippen LogP contribution in [0.3, 0.4) is 0 Å². The van der Waals surface area contributed by atoms with Gasteiger partial charge in [0, 0.05) is 25.2 Å². The molecule has 4 heteroatoms. The molecule has 98 valence electrons. The van der Waals surface area contributed by atoms with Crippen molar-refractivity contribution >= 4 is 6.09 Å². The molecule has 0 aromatic heterocycles. The number of hydrogen-bond acceptors (Lipinski definition) is 3. The van der Waals surface area contributed by atoms with E-state index in [9.17, 15) is 4.79 Å². The highest BCUT2D eigenvalue weighted by Gasteiger charge is 2.38. The first-order chi connectivity index (χ1) is 7.90. The van der Waals surface area contributed by atoms with Crippen molar-refractivity contribution in [3.8, 4) is 0 Å². The Balaban J connectivity index is 1.88. The van der Waals surface area contributed by atoms with Gasteiger partial charge in [-0.1, -0.05) is 0 Å². The van der Waals surface area contributed by atoms with Crippen LogP contribution >= 0.6 is 0 Å². The summed E-state index contributed by atoms with van der Waals surface area (Å²) in [6, 6.07) is 0. The van der Waals surface area contributed by atoms with Gasteiger partial charge in [-0.3, -0.25) is 0 Å². The van der Waals surface area contributed by atoms with E-state index >= 15 is 0 Å². The molecular formula is C13H24N2O2. The molecule has 1 heterocycles. The first-order valence-electron chi connectivity index (χ1n) is 6.63. The maximum absolute atomic E-state index is 12.0. The summed E-state index contributed by atoms with van der Waals surface area (Å²) in [5, 5.41) is 3.59. The zero-order chi connectivity index (χ0) is 12.5. The molecule has 4 nitrogen and oxygen atoms in total. The molecule has 17 heavy (non-hydrogen) atoms. The number of carbonyl (C=O) groups is 1. The van der Waals surface area contributed by atoms with Crippen LogP contribution in [0.2, 0.25) is 0 Å². The van der Waals surface area contributed by atoms with Gasteiger partial charge >= 0.3 is 6.09 Å². The molecule has 1 amide bonds. The Hall–Kier alpha value is -0.770. The second kappa shape index (κ2) is 4.48. The summed E-state index contributed by atoms with van der Waals surface area (Å²) >= 11 is 0. The van der Waals surface area contributed by atoms with Gasteiger partial charge in [0.1, 0.15) is 5.60 Å². The Morgan fingerprint density at radius 2 is 1.94 bits per heavy atom. The van der Waals surface area contributed by atoms with Crippen LogP contribution in [0.25, 0.3) is 0 Å². The summed E-state index contributed by atoms with van der Waals surface area (Å²) in [6.45, 7) is 8.20. The molecule has 2 aliphatic rings. The molecule has 0 radical (unpaired) electrons. The minimum atomic E-state index is -0.398. The molecular weight excluding hydrogens is 216 g/mol. The molecule has 1 saturated heterocycles. The largest absolute Gasteiger partial charge is 0.444 e. The second-order valence-corrected chi connectivity index (χ2v) is 6.28. The second-order valence-electron chi connectivity index (χ2n) is 6.28. The normalized spacial score (nSPS) is 24.1. The summed E-state index contributed by atoms with van der Waals surface area (Å²) in [5.41, 5.74) is -0.0677. The predicted octanol–water partition coefficient (Wildman–Crippen LogP) is 2.14. The molecule has 0 aromatic carbocycles. The summed E-state index contributed by atoms with van der Waals surface area (Å²) in [5.74, 6) is 0. The fourth-order valence-corrected chi connectivity index (χ4v) is 2.54. The average Bonchev–Trinajstić information content (AvgIpc) is 2.35. The highest BCUT2D eigenvalue weighted by Crippen LogP contribution is 2.35. The van der Waals surface area contributed by atoms with E-state index < -0.39 is 5.60 Å². The van der Waals surface area contributed by atoms with E-state index in [1.807, 2.05) is 25.7 Å². The number of hydrogen-bond donors (Lipinski definition) is 1. The molecule has 0 unspecified atom stereocenters. The van der Waals surface area contributed by atoms with E-state index in [1.165, 1.54) is 19.3 Å². The third-order valence-electron chi connectivity index (χ3n) is 3.70. The number of rotatable bonds is 0. The van der Waals surface area contributed by atoms with Crippen molar-refractivity contribution in [3.05, 3.63) is 0 Å². The monoisotopic (exact) mass is 240 g/mol. The van der Waals surface area contributed by atoms with Crippen LogP contribution in [0.4, 0.5) is 4.79 Å². The zero-order valence-electron chi connectivity index (χ0n) is 11.2. The highest BCUT2D eigenvalue weighted by molar-refractivity contribution is 5.68. The van der Waals surface area contributed by atoms with Gasteiger partial charge < -0.3 is 15.0 Å². The van der Waals surface area contributed by atoms with Gasteiger partial charge in [0.15, 0.2) is 0 Å². The van der Waals surface area contributed by atoms with Crippen molar-refractivity contribution in [2.75, 3.05) is 19.6 Å². The first-order valence-corrected chi connectivity index (χ1v) is 6.63. The van der Waals surface area contributed by atoms with Crippen LogP contribution in [-0.2, 0) is 4.74 Å². The van der Waals surface area contributed by atoms with Crippen molar-refractivity contribution in [2.24, 2.45) is 0 Å². The van der Waals surface area contributed by atoms with Gasteiger partial charge in [-0.05, 0) is 46.5 Å². The molecule has 1 N–H and O–H groups in total. The van der Waals surface area contributed by atoms with Gasteiger partial charge in [-0.25, -0.2) is 4.79 Å². The summed E-state index contributed by atoms with van der Waals surface area (Å²) in [4.78, 5) is 13.8.